The molecule has 6 heteroatoms. The minimum atomic E-state index is 0.206. The number of ether oxygens (including phenoxy) is 2. The van der Waals surface area contributed by atoms with E-state index in [1.165, 1.54) is 12.1 Å². The maximum atomic E-state index is 12.7. The molecule has 2 fully saturated rings. The smallest absolute Gasteiger partial charge is 0.226 e. The molecule has 0 spiro atoms. The highest BCUT2D eigenvalue weighted by Gasteiger charge is 2.29. The third kappa shape index (κ3) is 5.70. The van der Waals surface area contributed by atoms with Crippen LogP contribution >= 0.6 is 0 Å². The number of methoxy groups -OCH3 is 1. The largest absolute Gasteiger partial charge is 0.497 e. The molecule has 6 nitrogen and oxygen atoms in total. The van der Waals surface area contributed by atoms with Crippen molar-refractivity contribution in [2.75, 3.05) is 57.9 Å². The van der Waals surface area contributed by atoms with Gasteiger partial charge in [-0.3, -0.25) is 9.69 Å². The first-order valence-electron chi connectivity index (χ1n) is 11.3. The lowest BCUT2D eigenvalue weighted by atomic mass is 10.0. The van der Waals surface area contributed by atoms with Gasteiger partial charge in [0.1, 0.15) is 11.5 Å². The van der Waals surface area contributed by atoms with Crippen LogP contribution in [0.2, 0.25) is 0 Å². The number of carbonyl (C=O) groups is 1. The molecule has 2 aromatic carbocycles. The van der Waals surface area contributed by atoms with Crippen LogP contribution in [0.4, 0.5) is 5.69 Å². The first kappa shape index (κ1) is 21.5. The number of nitrogens with zero attached hydrogens (tertiary/aromatic N) is 3. The molecular weight excluding hydrogens is 390 g/mol. The Balaban J connectivity index is 1.22. The number of para-hydroxylation sites is 1. The third-order valence-electron chi connectivity index (χ3n) is 6.35. The Morgan fingerprint density at radius 2 is 1.68 bits per heavy atom. The predicted molar refractivity (Wildman–Crippen MR) is 123 cm³/mol. The van der Waals surface area contributed by atoms with Gasteiger partial charge in [-0.15, -0.1) is 0 Å². The van der Waals surface area contributed by atoms with Crippen molar-refractivity contribution in [1.82, 2.24) is 9.80 Å². The summed E-state index contributed by atoms with van der Waals surface area (Å²) >= 11 is 0. The lowest BCUT2D eigenvalue weighted by molar-refractivity contribution is -0.133. The van der Waals surface area contributed by atoms with E-state index in [1.54, 1.807) is 7.11 Å². The molecule has 2 aromatic rings. The zero-order valence-electron chi connectivity index (χ0n) is 18.4. The molecule has 0 aromatic heterocycles. The molecule has 2 saturated heterocycles. The summed E-state index contributed by atoms with van der Waals surface area (Å²) in [6.07, 6.45) is 2.69. The van der Waals surface area contributed by atoms with Crippen LogP contribution in [0.3, 0.4) is 0 Å². The molecule has 166 valence electrons. The molecule has 2 heterocycles. The van der Waals surface area contributed by atoms with Crippen LogP contribution in [-0.4, -0.2) is 74.7 Å². The van der Waals surface area contributed by atoms with Crippen LogP contribution in [0.15, 0.2) is 54.6 Å². The van der Waals surface area contributed by atoms with E-state index in [2.05, 4.69) is 21.9 Å². The first-order chi connectivity index (χ1) is 15.2. The van der Waals surface area contributed by atoms with E-state index >= 15 is 0 Å². The van der Waals surface area contributed by atoms with Crippen molar-refractivity contribution >= 4 is 11.6 Å². The van der Waals surface area contributed by atoms with Gasteiger partial charge in [0.25, 0.3) is 0 Å². The van der Waals surface area contributed by atoms with Crippen LogP contribution in [0, 0.1) is 0 Å². The summed E-state index contributed by atoms with van der Waals surface area (Å²) < 4.78 is 11.0. The van der Waals surface area contributed by atoms with Gasteiger partial charge in [0.2, 0.25) is 5.91 Å². The van der Waals surface area contributed by atoms with E-state index < -0.39 is 0 Å². The predicted octanol–water partition coefficient (Wildman–Crippen LogP) is 3.28. The summed E-state index contributed by atoms with van der Waals surface area (Å²) in [6.45, 7) is 6.25. The number of hydrogen-bond acceptors (Lipinski definition) is 5. The van der Waals surface area contributed by atoms with Gasteiger partial charge in [-0.25, -0.2) is 0 Å². The molecule has 0 bridgehead atoms. The molecule has 2 aliphatic rings. The fourth-order valence-corrected chi connectivity index (χ4v) is 4.55. The molecule has 4 rings (SSSR count). The van der Waals surface area contributed by atoms with Crippen LogP contribution in [0.5, 0.6) is 11.5 Å². The monoisotopic (exact) mass is 423 g/mol. The third-order valence-corrected chi connectivity index (χ3v) is 6.35. The number of carbonyl (C=O) groups excluding carboxylic acids is 1. The lowest BCUT2D eigenvalue weighted by Crippen LogP contribution is -2.56. The summed E-state index contributed by atoms with van der Waals surface area (Å²) in [5.74, 6) is 1.92. The maximum Gasteiger partial charge on any atom is 0.226 e. The molecule has 31 heavy (non-hydrogen) atoms. The van der Waals surface area contributed by atoms with Crippen LogP contribution in [0.1, 0.15) is 19.3 Å². The number of anilines is 1. The highest BCUT2D eigenvalue weighted by Crippen LogP contribution is 2.23. The summed E-state index contributed by atoms with van der Waals surface area (Å²) in [5, 5.41) is 0. The molecule has 0 aliphatic carbocycles. The van der Waals surface area contributed by atoms with Crippen LogP contribution in [-0.2, 0) is 4.79 Å². The molecule has 0 radical (unpaired) electrons. The Kier molecular flexibility index (Phi) is 7.30. The van der Waals surface area contributed by atoms with E-state index in [9.17, 15) is 4.79 Å². The standard InChI is InChI=1S/C25H33N3O3/c1-30-23-11-9-21(10-12-23)26-15-17-27(18-16-26)22-6-5-14-28(20-22)25(29)13-19-31-24-7-3-2-4-8-24/h2-4,7-12,22H,5-6,13-20H2,1H3. The van der Waals surface area contributed by atoms with Crippen molar-refractivity contribution in [3.63, 3.8) is 0 Å². The van der Waals surface area contributed by atoms with Crippen molar-refractivity contribution < 1.29 is 14.3 Å². The number of piperazine rings is 1. The molecule has 0 saturated carbocycles. The van der Waals surface area contributed by atoms with Gasteiger partial charge >= 0.3 is 0 Å². The van der Waals surface area contributed by atoms with Crippen molar-refractivity contribution in [3.05, 3.63) is 54.6 Å². The molecule has 1 atom stereocenters. The second-order valence-electron chi connectivity index (χ2n) is 8.27. The van der Waals surface area contributed by atoms with Gasteiger partial charge < -0.3 is 19.3 Å². The summed E-state index contributed by atoms with van der Waals surface area (Å²) in [4.78, 5) is 19.8. The van der Waals surface area contributed by atoms with Gasteiger partial charge in [0.15, 0.2) is 0 Å². The average Bonchev–Trinajstić information content (AvgIpc) is 2.85. The van der Waals surface area contributed by atoms with Gasteiger partial charge in [-0.1, -0.05) is 18.2 Å². The molecule has 1 amide bonds. The number of benzene rings is 2. The van der Waals surface area contributed by atoms with E-state index in [0.29, 0.717) is 19.1 Å². The van der Waals surface area contributed by atoms with Gasteiger partial charge in [0.05, 0.1) is 20.1 Å². The molecule has 2 aliphatic heterocycles. The average molecular weight is 424 g/mol. The van der Waals surface area contributed by atoms with E-state index in [1.807, 2.05) is 47.4 Å². The minimum Gasteiger partial charge on any atom is -0.497 e. The Morgan fingerprint density at radius 3 is 2.39 bits per heavy atom. The minimum absolute atomic E-state index is 0.206. The Bertz CT molecular complexity index is 820. The molecular formula is C25H33N3O3. The molecule has 1 unspecified atom stereocenters. The Labute approximate surface area is 185 Å². The zero-order valence-corrected chi connectivity index (χ0v) is 18.4. The summed E-state index contributed by atoms with van der Waals surface area (Å²) in [6, 6.07) is 18.5. The van der Waals surface area contributed by atoms with E-state index in [4.69, 9.17) is 9.47 Å². The molecule has 0 N–H and O–H groups in total. The first-order valence-corrected chi connectivity index (χ1v) is 11.3. The van der Waals surface area contributed by atoms with Gasteiger partial charge in [-0.05, 0) is 49.2 Å². The highest BCUT2D eigenvalue weighted by atomic mass is 16.5. The fourth-order valence-electron chi connectivity index (χ4n) is 4.55. The van der Waals surface area contributed by atoms with Gasteiger partial charge in [-0.2, -0.15) is 0 Å². The number of rotatable bonds is 7. The summed E-state index contributed by atoms with van der Waals surface area (Å²) in [7, 11) is 1.70. The van der Waals surface area contributed by atoms with E-state index in [-0.39, 0.29) is 5.91 Å². The van der Waals surface area contributed by atoms with Crippen molar-refractivity contribution in [3.8, 4) is 11.5 Å². The van der Waals surface area contributed by atoms with E-state index in [0.717, 1.165) is 57.2 Å². The number of amides is 1. The normalized spacial score (nSPS) is 19.8. The number of piperidine rings is 1. The summed E-state index contributed by atoms with van der Waals surface area (Å²) in [5.41, 5.74) is 1.25. The number of hydrogen-bond donors (Lipinski definition) is 0. The zero-order chi connectivity index (χ0) is 21.5. The lowest BCUT2D eigenvalue weighted by Gasteiger charge is -2.44. The highest BCUT2D eigenvalue weighted by molar-refractivity contribution is 5.76. The second-order valence-corrected chi connectivity index (χ2v) is 8.27. The SMILES string of the molecule is COc1ccc(N2CCN(C3CCCN(C(=O)CCOc4ccccc4)C3)CC2)cc1. The van der Waals surface area contributed by atoms with Gasteiger partial charge in [0, 0.05) is 51.0 Å². The second kappa shape index (κ2) is 10.5. The van der Waals surface area contributed by atoms with Crippen molar-refractivity contribution in [2.24, 2.45) is 0 Å². The van der Waals surface area contributed by atoms with Crippen LogP contribution < -0.4 is 14.4 Å². The topological polar surface area (TPSA) is 45.2 Å². The van der Waals surface area contributed by atoms with Crippen molar-refractivity contribution in [1.29, 1.82) is 0 Å². The fraction of sp³-hybridized carbons (Fsp3) is 0.480. The maximum absolute atomic E-state index is 12.7. The van der Waals surface area contributed by atoms with Crippen LogP contribution in [0.25, 0.3) is 0 Å². The number of likely N-dealkylation sites (tertiary alicyclic amines) is 1. The quantitative estimate of drug-likeness (QED) is 0.684. The van der Waals surface area contributed by atoms with Crippen molar-refractivity contribution in [2.45, 2.75) is 25.3 Å². The Morgan fingerprint density at radius 1 is 0.935 bits per heavy atom. The Hall–Kier alpha value is -2.73.